The van der Waals surface area contributed by atoms with E-state index in [2.05, 4.69) is 24.2 Å². The molecule has 1 nitrogen and oxygen atoms in total. The van der Waals surface area contributed by atoms with Crippen LogP contribution in [0.3, 0.4) is 0 Å². The molecule has 0 aliphatic heterocycles. The molecule has 1 aliphatic rings. The van der Waals surface area contributed by atoms with Crippen LogP contribution in [0.1, 0.15) is 11.3 Å². The molecular formula is C8H4O. The zero-order valence-corrected chi connectivity index (χ0v) is 4.82. The average molecular weight is 116 g/mol. The third kappa shape index (κ3) is 0.590. The topological polar surface area (TPSA) is 13.1 Å². The first-order valence-electron chi connectivity index (χ1n) is 2.82. The molecule has 0 N–H and O–H groups in total. The minimum atomic E-state index is 0.731. The third-order valence-corrected chi connectivity index (χ3v) is 1.35. The second-order valence-corrected chi connectivity index (χ2v) is 1.94. The molecule has 2 rings (SSSR count). The largest absolute Gasteiger partial charge is 0.410 e. The summed E-state index contributed by atoms with van der Waals surface area (Å²) in [6.07, 6.45) is 4.07. The monoisotopic (exact) mass is 116 g/mol. The van der Waals surface area contributed by atoms with Crippen LogP contribution in [0.5, 0.6) is 0 Å². The van der Waals surface area contributed by atoms with Gasteiger partial charge in [-0.3, -0.25) is 0 Å². The summed E-state index contributed by atoms with van der Waals surface area (Å²) >= 11 is 0. The van der Waals surface area contributed by atoms with E-state index in [1.54, 1.807) is 0 Å². The highest BCUT2D eigenvalue weighted by Gasteiger charge is 2.05. The van der Waals surface area contributed by atoms with Crippen LogP contribution in [-0.4, -0.2) is 0 Å². The summed E-state index contributed by atoms with van der Waals surface area (Å²) in [5, 5.41) is 0. The molecule has 42 valence electrons. The van der Waals surface area contributed by atoms with Crippen molar-refractivity contribution in [2.75, 3.05) is 0 Å². The molecule has 9 heavy (non-hydrogen) atoms. The molecule has 0 radical (unpaired) electrons. The Balaban J connectivity index is 2.51. The third-order valence-electron chi connectivity index (χ3n) is 1.35. The standard InChI is InChI=1S/C8H4O/c1-2-4-8-7(3-1)5-6-9-8/h3-4H2. The Labute approximate surface area is 53.7 Å². The van der Waals surface area contributed by atoms with Crippen molar-refractivity contribution in [2.45, 2.75) is 12.8 Å². The van der Waals surface area contributed by atoms with Crippen LogP contribution in [-0.2, 0) is 12.8 Å². The summed E-state index contributed by atoms with van der Waals surface area (Å²) in [5.41, 5.74) is 1.08. The van der Waals surface area contributed by atoms with Crippen LogP contribution in [0.2, 0.25) is 0 Å². The van der Waals surface area contributed by atoms with Gasteiger partial charge in [0.15, 0.2) is 0 Å². The van der Waals surface area contributed by atoms with E-state index < -0.39 is 0 Å². The summed E-state index contributed by atoms with van der Waals surface area (Å²) in [5.74, 6) is 6.85. The Morgan fingerprint density at radius 3 is 3.00 bits per heavy atom. The zero-order chi connectivity index (χ0) is 6.10. The molecular weight excluding hydrogens is 112 g/mol. The van der Waals surface area contributed by atoms with Gasteiger partial charge in [-0.15, -0.1) is 0 Å². The van der Waals surface area contributed by atoms with E-state index in [0.29, 0.717) is 0 Å². The Kier molecular flexibility index (Phi) is 0.790. The van der Waals surface area contributed by atoms with Gasteiger partial charge in [-0.2, -0.15) is 0 Å². The first-order chi connectivity index (χ1) is 4.47. The van der Waals surface area contributed by atoms with Gasteiger partial charge in [-0.05, 0) is 6.07 Å². The van der Waals surface area contributed by atoms with Crippen molar-refractivity contribution in [3.05, 3.63) is 23.7 Å². The lowest BCUT2D eigenvalue weighted by molar-refractivity contribution is 0.517. The van der Waals surface area contributed by atoms with Crippen LogP contribution in [0.25, 0.3) is 0 Å². The van der Waals surface area contributed by atoms with Crippen LogP contribution in [0.4, 0.5) is 0 Å². The molecule has 1 aromatic rings. The zero-order valence-electron chi connectivity index (χ0n) is 4.82. The molecule has 1 aliphatic carbocycles. The maximum atomic E-state index is 4.97. The number of hydrogen-bond donors (Lipinski definition) is 0. The normalized spacial score (nSPS) is 12.9. The highest BCUT2D eigenvalue weighted by atomic mass is 16.3. The molecule has 1 aromatic heterocycles. The summed E-state index contributed by atoms with van der Waals surface area (Å²) in [7, 11) is 0. The van der Waals surface area contributed by atoms with Crippen LogP contribution >= 0.6 is 0 Å². The molecule has 0 unspecified atom stereocenters. The minimum absolute atomic E-state index is 0.731. The van der Waals surface area contributed by atoms with Gasteiger partial charge in [0.05, 0.1) is 12.0 Å². The SMILES string of the molecule is C1#CCc2oc#cc2C1. The van der Waals surface area contributed by atoms with Gasteiger partial charge in [-0.1, -0.05) is 11.8 Å². The Bertz CT molecular complexity index is 248. The highest BCUT2D eigenvalue weighted by Crippen LogP contribution is 2.09. The molecule has 0 fully saturated rings. The van der Waals surface area contributed by atoms with Gasteiger partial charge < -0.3 is 4.42 Å². The van der Waals surface area contributed by atoms with E-state index in [9.17, 15) is 0 Å². The number of rotatable bonds is 0. The van der Waals surface area contributed by atoms with E-state index in [4.69, 9.17) is 4.42 Å². The first kappa shape index (κ1) is 4.53. The molecule has 0 atom stereocenters. The molecule has 0 amide bonds. The molecule has 0 saturated carbocycles. The van der Waals surface area contributed by atoms with E-state index in [0.717, 1.165) is 24.2 Å². The molecule has 0 spiro atoms. The van der Waals surface area contributed by atoms with Crippen LogP contribution < -0.4 is 0 Å². The van der Waals surface area contributed by atoms with E-state index in [1.807, 2.05) is 0 Å². The predicted molar refractivity (Wildman–Crippen MR) is 31.6 cm³/mol. The molecule has 1 heteroatoms. The van der Waals surface area contributed by atoms with Gasteiger partial charge in [0.25, 0.3) is 0 Å². The second kappa shape index (κ2) is 1.57. The van der Waals surface area contributed by atoms with Crippen molar-refractivity contribution in [2.24, 2.45) is 0 Å². The highest BCUT2D eigenvalue weighted by molar-refractivity contribution is 5.27. The van der Waals surface area contributed by atoms with Gasteiger partial charge >= 0.3 is 0 Å². The van der Waals surface area contributed by atoms with E-state index >= 15 is 0 Å². The van der Waals surface area contributed by atoms with Gasteiger partial charge in [0, 0.05) is 6.42 Å². The summed E-state index contributed by atoms with van der Waals surface area (Å²) in [6.45, 7) is 0. The molecule has 0 saturated heterocycles. The van der Waals surface area contributed by atoms with Crippen molar-refractivity contribution in [1.29, 1.82) is 0 Å². The molecule has 0 bridgehead atoms. The van der Waals surface area contributed by atoms with Crippen molar-refractivity contribution in [3.63, 3.8) is 0 Å². The van der Waals surface area contributed by atoms with Crippen molar-refractivity contribution in [1.82, 2.24) is 0 Å². The maximum Gasteiger partial charge on any atom is 0.141 e. The quantitative estimate of drug-likeness (QED) is 0.460. The Morgan fingerprint density at radius 1 is 1.22 bits per heavy atom. The predicted octanol–water partition coefficient (Wildman–Crippen LogP) is 0.982. The minimum Gasteiger partial charge on any atom is -0.410 e. The summed E-state index contributed by atoms with van der Waals surface area (Å²) in [4.78, 5) is 0. The van der Waals surface area contributed by atoms with Crippen LogP contribution in [0.15, 0.2) is 4.42 Å². The van der Waals surface area contributed by atoms with Crippen molar-refractivity contribution in [3.8, 4) is 11.8 Å². The summed E-state index contributed by atoms with van der Waals surface area (Å²) < 4.78 is 4.97. The fraction of sp³-hybridized carbons (Fsp3) is 0.250. The summed E-state index contributed by atoms with van der Waals surface area (Å²) in [6, 6.07) is 2.86. The van der Waals surface area contributed by atoms with Gasteiger partial charge in [0.1, 0.15) is 12.0 Å². The number of hydrogen-bond acceptors (Lipinski definition) is 1. The maximum absolute atomic E-state index is 4.97. The fourth-order valence-electron chi connectivity index (χ4n) is 0.859. The molecule has 0 aromatic carbocycles. The lowest BCUT2D eigenvalue weighted by atomic mass is 10.1. The molecule has 1 heterocycles. The number of fused-ring (bicyclic) bond motifs is 1. The fourth-order valence-corrected chi connectivity index (χ4v) is 0.859. The Morgan fingerprint density at radius 2 is 2.11 bits per heavy atom. The van der Waals surface area contributed by atoms with Gasteiger partial charge in [-0.25, -0.2) is 0 Å². The van der Waals surface area contributed by atoms with Crippen LogP contribution in [0, 0.1) is 24.2 Å². The lowest BCUT2D eigenvalue weighted by Crippen LogP contribution is -1.91. The van der Waals surface area contributed by atoms with Crippen molar-refractivity contribution >= 4 is 0 Å². The van der Waals surface area contributed by atoms with Gasteiger partial charge in [0.2, 0.25) is 0 Å². The van der Waals surface area contributed by atoms with E-state index in [1.165, 1.54) is 0 Å². The first-order valence-corrected chi connectivity index (χ1v) is 2.82. The average Bonchev–Trinajstić information content (AvgIpc) is 2.33. The van der Waals surface area contributed by atoms with E-state index in [-0.39, 0.29) is 0 Å². The second-order valence-electron chi connectivity index (χ2n) is 1.94. The lowest BCUT2D eigenvalue weighted by Gasteiger charge is -1.94. The van der Waals surface area contributed by atoms with Crippen molar-refractivity contribution < 1.29 is 4.42 Å². The smallest absolute Gasteiger partial charge is 0.141 e. The Hall–Kier alpha value is -1.34.